The van der Waals surface area contributed by atoms with Gasteiger partial charge in [-0.25, -0.2) is 4.79 Å². The molecule has 2 aromatic carbocycles. The molecule has 4 rings (SSSR count). The molecule has 2 N–H and O–H groups in total. The number of rotatable bonds is 6. The highest BCUT2D eigenvalue weighted by atomic mass is 32.2. The number of nitrogens with two attached hydrogens (primary N) is 1. The van der Waals surface area contributed by atoms with E-state index in [1.807, 2.05) is 0 Å². The molecular weight excluding hydrogens is 434 g/mol. The quantitative estimate of drug-likeness (QED) is 0.175. The second-order valence-electron chi connectivity index (χ2n) is 8.28. The molecule has 0 radical (unpaired) electrons. The SMILES string of the molecule is CC1(C)S[C@H]2N(C(=O)C2(N)C(=O)c2ccccc2)[C@H]1C(=O)OCc1ccc([N+](=O)[O-])cc1. The third-order valence-corrected chi connectivity index (χ3v) is 7.40. The highest BCUT2D eigenvalue weighted by Crippen LogP contribution is 2.55. The average molecular weight is 455 g/mol. The highest BCUT2D eigenvalue weighted by Gasteiger charge is 2.73. The first-order valence-electron chi connectivity index (χ1n) is 9.86. The van der Waals surface area contributed by atoms with Gasteiger partial charge in [0.15, 0.2) is 11.3 Å². The van der Waals surface area contributed by atoms with Crippen molar-refractivity contribution in [2.75, 3.05) is 0 Å². The van der Waals surface area contributed by atoms with Crippen LogP contribution in [0, 0.1) is 10.1 Å². The minimum absolute atomic E-state index is 0.0650. The molecule has 2 aliphatic rings. The molecule has 2 heterocycles. The fourth-order valence-corrected chi connectivity index (χ4v) is 5.69. The Morgan fingerprint density at radius 3 is 2.38 bits per heavy atom. The van der Waals surface area contributed by atoms with Gasteiger partial charge < -0.3 is 15.4 Å². The van der Waals surface area contributed by atoms with Crippen molar-refractivity contribution in [2.24, 2.45) is 5.73 Å². The zero-order valence-electron chi connectivity index (χ0n) is 17.4. The van der Waals surface area contributed by atoms with Crippen molar-refractivity contribution in [3.63, 3.8) is 0 Å². The normalized spacial score (nSPS) is 25.6. The van der Waals surface area contributed by atoms with Crippen molar-refractivity contribution in [3.05, 3.63) is 75.8 Å². The molecule has 2 fully saturated rings. The summed E-state index contributed by atoms with van der Waals surface area (Å²) in [5.74, 6) is -1.70. The molecule has 2 aliphatic heterocycles. The van der Waals surface area contributed by atoms with Gasteiger partial charge in [0.05, 0.1) is 4.92 Å². The summed E-state index contributed by atoms with van der Waals surface area (Å²) >= 11 is 1.30. The van der Waals surface area contributed by atoms with Crippen LogP contribution in [0.25, 0.3) is 0 Å². The zero-order chi connectivity index (χ0) is 23.3. The van der Waals surface area contributed by atoms with Gasteiger partial charge in [0, 0.05) is 22.4 Å². The van der Waals surface area contributed by atoms with Crippen LogP contribution >= 0.6 is 11.8 Å². The Labute approximate surface area is 188 Å². The van der Waals surface area contributed by atoms with Gasteiger partial charge in [-0.3, -0.25) is 19.7 Å². The molecule has 1 unspecified atom stereocenters. The van der Waals surface area contributed by atoms with Crippen LogP contribution in [0.3, 0.4) is 0 Å². The van der Waals surface area contributed by atoms with Crippen LogP contribution in [0.5, 0.6) is 0 Å². The molecule has 0 aliphatic carbocycles. The van der Waals surface area contributed by atoms with Crippen LogP contribution in [0.2, 0.25) is 0 Å². The second-order valence-corrected chi connectivity index (χ2v) is 10.0. The lowest BCUT2D eigenvalue weighted by Crippen LogP contribution is -2.80. The number of nitro benzene ring substituents is 1. The number of carbonyl (C=O) groups is 3. The van der Waals surface area contributed by atoms with E-state index in [0.717, 1.165) is 0 Å². The number of Topliss-reactive ketones (excluding diaryl/α,β-unsaturated/α-hetero) is 1. The van der Waals surface area contributed by atoms with Crippen LogP contribution in [-0.2, 0) is 20.9 Å². The third-order valence-electron chi connectivity index (χ3n) is 5.75. The van der Waals surface area contributed by atoms with E-state index in [9.17, 15) is 24.5 Å². The van der Waals surface area contributed by atoms with Gasteiger partial charge in [0.2, 0.25) is 0 Å². The molecule has 9 nitrogen and oxygen atoms in total. The van der Waals surface area contributed by atoms with Crippen molar-refractivity contribution in [3.8, 4) is 0 Å². The van der Waals surface area contributed by atoms with Gasteiger partial charge in [-0.1, -0.05) is 30.3 Å². The van der Waals surface area contributed by atoms with E-state index in [2.05, 4.69) is 0 Å². The van der Waals surface area contributed by atoms with Gasteiger partial charge in [-0.15, -0.1) is 11.8 Å². The minimum Gasteiger partial charge on any atom is -0.459 e. The maximum atomic E-state index is 13.1. The molecule has 1 amide bonds. The third kappa shape index (κ3) is 3.35. The molecular formula is C22H21N3O6S. The van der Waals surface area contributed by atoms with E-state index in [1.165, 1.54) is 40.9 Å². The lowest BCUT2D eigenvalue weighted by atomic mass is 9.79. The number of benzene rings is 2. The van der Waals surface area contributed by atoms with E-state index in [-0.39, 0.29) is 12.3 Å². The van der Waals surface area contributed by atoms with E-state index in [4.69, 9.17) is 10.5 Å². The van der Waals surface area contributed by atoms with Gasteiger partial charge in [0.1, 0.15) is 18.0 Å². The summed E-state index contributed by atoms with van der Waals surface area (Å²) in [6, 6.07) is 13.1. The number of ether oxygens (including phenoxy) is 1. The Morgan fingerprint density at radius 2 is 1.78 bits per heavy atom. The Hall–Kier alpha value is -3.24. The molecule has 3 atom stereocenters. The van der Waals surface area contributed by atoms with Crippen molar-refractivity contribution >= 4 is 35.1 Å². The molecule has 0 bridgehead atoms. The summed E-state index contributed by atoms with van der Waals surface area (Å²) < 4.78 is 4.69. The lowest BCUT2D eigenvalue weighted by molar-refractivity contribution is -0.384. The number of fused-ring (bicyclic) bond motifs is 1. The van der Waals surface area contributed by atoms with E-state index < -0.39 is 44.3 Å². The summed E-state index contributed by atoms with van der Waals surface area (Å²) in [5.41, 5.74) is 5.43. The maximum Gasteiger partial charge on any atom is 0.330 e. The smallest absolute Gasteiger partial charge is 0.330 e. The van der Waals surface area contributed by atoms with Crippen molar-refractivity contribution in [1.82, 2.24) is 4.90 Å². The highest BCUT2D eigenvalue weighted by molar-refractivity contribution is 8.01. The summed E-state index contributed by atoms with van der Waals surface area (Å²) in [6.07, 6.45) is 0. The van der Waals surface area contributed by atoms with E-state index in [1.54, 1.807) is 44.2 Å². The number of hydrogen-bond acceptors (Lipinski definition) is 8. The second kappa shape index (κ2) is 7.72. The molecule has 32 heavy (non-hydrogen) atoms. The molecule has 2 saturated heterocycles. The molecule has 0 spiro atoms. The van der Waals surface area contributed by atoms with Gasteiger partial charge in [0.25, 0.3) is 11.6 Å². The number of nitro groups is 1. The maximum absolute atomic E-state index is 13.1. The largest absolute Gasteiger partial charge is 0.459 e. The Kier molecular flexibility index (Phi) is 5.30. The van der Waals surface area contributed by atoms with Gasteiger partial charge >= 0.3 is 5.97 Å². The van der Waals surface area contributed by atoms with Gasteiger partial charge in [-0.2, -0.15) is 0 Å². The predicted octanol–water partition coefficient (Wildman–Crippen LogP) is 2.28. The lowest BCUT2D eigenvalue weighted by Gasteiger charge is -2.49. The van der Waals surface area contributed by atoms with Crippen LogP contribution in [-0.4, -0.2) is 49.2 Å². The molecule has 2 aromatic rings. The summed E-state index contributed by atoms with van der Waals surface area (Å²) in [4.78, 5) is 50.6. The number of esters is 1. The van der Waals surface area contributed by atoms with Crippen LogP contribution in [0.15, 0.2) is 54.6 Å². The van der Waals surface area contributed by atoms with Gasteiger partial charge in [-0.05, 0) is 31.5 Å². The zero-order valence-corrected chi connectivity index (χ0v) is 18.2. The topological polar surface area (TPSA) is 133 Å². The Morgan fingerprint density at radius 1 is 1.16 bits per heavy atom. The number of β-lactam (4-membered cyclic amide) rings is 1. The summed E-state index contributed by atoms with van der Waals surface area (Å²) in [7, 11) is 0. The van der Waals surface area contributed by atoms with E-state index in [0.29, 0.717) is 11.1 Å². The molecule has 166 valence electrons. The first kappa shape index (κ1) is 22.0. The van der Waals surface area contributed by atoms with Crippen LogP contribution < -0.4 is 5.73 Å². The van der Waals surface area contributed by atoms with Crippen molar-refractivity contribution < 1.29 is 24.0 Å². The minimum atomic E-state index is -1.74. The monoisotopic (exact) mass is 455 g/mol. The van der Waals surface area contributed by atoms with Crippen molar-refractivity contribution in [1.29, 1.82) is 0 Å². The fraction of sp³-hybridized carbons (Fsp3) is 0.318. The number of hydrogen-bond donors (Lipinski definition) is 1. The standard InChI is InChI=1S/C22H21N3O6S/c1-21(2)16(18(27)31-12-13-8-10-15(11-9-13)25(29)30)24-19(28)22(23,20(24)32-21)17(26)14-6-4-3-5-7-14/h3-11,16,20H,12,23H2,1-2H3/t16-,20+,22?/m0/s1. The van der Waals surface area contributed by atoms with Crippen LogP contribution in [0.1, 0.15) is 29.8 Å². The molecule has 10 heteroatoms. The summed E-state index contributed by atoms with van der Waals surface area (Å²) in [6.45, 7) is 3.50. The predicted molar refractivity (Wildman–Crippen MR) is 117 cm³/mol. The number of carbonyl (C=O) groups excluding carboxylic acids is 3. The average Bonchev–Trinajstić information content (AvgIpc) is 3.06. The number of non-ortho nitro benzene ring substituents is 1. The number of thioether (sulfide) groups is 1. The first-order chi connectivity index (χ1) is 15.1. The Bertz CT molecular complexity index is 1100. The number of amides is 1. The summed E-state index contributed by atoms with van der Waals surface area (Å²) in [5, 5.41) is 10.1. The number of nitrogens with zero attached hydrogens (tertiary/aromatic N) is 2. The van der Waals surface area contributed by atoms with Crippen LogP contribution in [0.4, 0.5) is 5.69 Å². The Balaban J connectivity index is 1.50. The molecule has 0 saturated carbocycles. The first-order valence-corrected chi connectivity index (χ1v) is 10.7. The van der Waals surface area contributed by atoms with E-state index >= 15 is 0 Å². The fourth-order valence-electron chi connectivity index (χ4n) is 4.05. The molecule has 0 aromatic heterocycles. The number of ketones is 1. The van der Waals surface area contributed by atoms with Crippen molar-refractivity contribution in [2.45, 2.75) is 42.2 Å².